The monoisotopic (exact) mass is 212 g/mol. The minimum atomic E-state index is 0.0218. The number of hydrogen-bond acceptors (Lipinski definition) is 2. The predicted octanol–water partition coefficient (Wildman–Crippen LogP) is 1.54. The van der Waals surface area contributed by atoms with Gasteiger partial charge in [0, 0.05) is 6.04 Å². The van der Waals surface area contributed by atoms with Crippen LogP contribution >= 0.6 is 0 Å². The Bertz CT molecular complexity index is 214. The molecule has 2 N–H and O–H groups in total. The molecule has 1 fully saturated rings. The molecule has 1 rings (SSSR count). The molecular weight excluding hydrogens is 188 g/mol. The van der Waals surface area contributed by atoms with E-state index >= 15 is 0 Å². The molecule has 0 aromatic heterocycles. The van der Waals surface area contributed by atoms with Crippen molar-refractivity contribution >= 4 is 5.91 Å². The van der Waals surface area contributed by atoms with Gasteiger partial charge in [-0.25, -0.2) is 0 Å². The zero-order chi connectivity index (χ0) is 11.4. The Balaban J connectivity index is 2.45. The lowest BCUT2D eigenvalue weighted by Gasteiger charge is -2.32. The van der Waals surface area contributed by atoms with Gasteiger partial charge in [0.05, 0.1) is 6.04 Å². The largest absolute Gasteiger partial charge is 0.353 e. The fourth-order valence-corrected chi connectivity index (χ4v) is 2.14. The number of amides is 1. The number of nitrogens with one attached hydrogen (secondary N) is 2. The summed E-state index contributed by atoms with van der Waals surface area (Å²) in [6, 6.07) is 0.257. The average Bonchev–Trinajstić information content (AvgIpc) is 2.17. The third kappa shape index (κ3) is 3.82. The standard InChI is InChI=1S/C12H24N2O/c1-8(2)10-5-6-13-11(7-10)12(15)14-9(3)4/h8-11,13H,5-7H2,1-4H3,(H,14,15). The van der Waals surface area contributed by atoms with Crippen LogP contribution in [0.2, 0.25) is 0 Å². The van der Waals surface area contributed by atoms with Gasteiger partial charge < -0.3 is 10.6 Å². The van der Waals surface area contributed by atoms with Gasteiger partial charge in [-0.2, -0.15) is 0 Å². The van der Waals surface area contributed by atoms with Crippen LogP contribution in [-0.4, -0.2) is 24.5 Å². The molecule has 0 bridgehead atoms. The molecule has 15 heavy (non-hydrogen) atoms. The van der Waals surface area contributed by atoms with Crippen molar-refractivity contribution in [2.45, 2.75) is 52.6 Å². The van der Waals surface area contributed by atoms with E-state index in [0.717, 1.165) is 13.0 Å². The van der Waals surface area contributed by atoms with E-state index in [2.05, 4.69) is 24.5 Å². The molecule has 2 atom stereocenters. The number of hydrogen-bond donors (Lipinski definition) is 2. The van der Waals surface area contributed by atoms with Gasteiger partial charge in [-0.1, -0.05) is 13.8 Å². The van der Waals surface area contributed by atoms with Crippen LogP contribution in [0.15, 0.2) is 0 Å². The number of carbonyl (C=O) groups is 1. The lowest BCUT2D eigenvalue weighted by molar-refractivity contribution is -0.124. The van der Waals surface area contributed by atoms with E-state index in [1.807, 2.05) is 13.8 Å². The molecule has 3 nitrogen and oxygen atoms in total. The van der Waals surface area contributed by atoms with Crippen molar-refractivity contribution in [1.82, 2.24) is 10.6 Å². The summed E-state index contributed by atoms with van der Waals surface area (Å²) in [5.41, 5.74) is 0. The summed E-state index contributed by atoms with van der Waals surface area (Å²) >= 11 is 0. The molecule has 3 heteroatoms. The molecule has 1 aliphatic rings. The van der Waals surface area contributed by atoms with Gasteiger partial charge in [0.15, 0.2) is 0 Å². The first-order chi connectivity index (χ1) is 7.00. The molecule has 0 aliphatic carbocycles. The molecule has 1 aliphatic heterocycles. The Morgan fingerprint density at radius 1 is 1.33 bits per heavy atom. The van der Waals surface area contributed by atoms with Gasteiger partial charge in [0.2, 0.25) is 5.91 Å². The zero-order valence-electron chi connectivity index (χ0n) is 10.3. The van der Waals surface area contributed by atoms with Crippen molar-refractivity contribution in [3.63, 3.8) is 0 Å². The fraction of sp³-hybridized carbons (Fsp3) is 0.917. The van der Waals surface area contributed by atoms with Gasteiger partial charge in [0.25, 0.3) is 0 Å². The van der Waals surface area contributed by atoms with Gasteiger partial charge in [-0.05, 0) is 45.1 Å². The predicted molar refractivity (Wildman–Crippen MR) is 62.6 cm³/mol. The highest BCUT2D eigenvalue weighted by Gasteiger charge is 2.28. The Hall–Kier alpha value is -0.570. The Kier molecular flexibility index (Phi) is 4.58. The van der Waals surface area contributed by atoms with Crippen LogP contribution in [0.3, 0.4) is 0 Å². The molecule has 0 spiro atoms. The van der Waals surface area contributed by atoms with Crippen LogP contribution in [0.1, 0.15) is 40.5 Å². The first-order valence-electron chi connectivity index (χ1n) is 6.04. The molecular formula is C12H24N2O. The summed E-state index contributed by atoms with van der Waals surface area (Å²) < 4.78 is 0. The first kappa shape index (κ1) is 12.5. The number of piperidine rings is 1. The van der Waals surface area contributed by atoms with Crippen LogP contribution in [0.4, 0.5) is 0 Å². The van der Waals surface area contributed by atoms with Gasteiger partial charge in [-0.15, -0.1) is 0 Å². The Morgan fingerprint density at radius 3 is 2.53 bits per heavy atom. The normalized spacial score (nSPS) is 27.1. The third-order valence-electron chi connectivity index (χ3n) is 3.13. The second kappa shape index (κ2) is 5.50. The van der Waals surface area contributed by atoms with Crippen molar-refractivity contribution < 1.29 is 4.79 Å². The second-order valence-electron chi connectivity index (χ2n) is 5.20. The van der Waals surface area contributed by atoms with E-state index in [1.165, 1.54) is 6.42 Å². The SMILES string of the molecule is CC(C)NC(=O)C1CC(C(C)C)CCN1. The van der Waals surface area contributed by atoms with Crippen LogP contribution in [0, 0.1) is 11.8 Å². The molecule has 1 heterocycles. The van der Waals surface area contributed by atoms with Gasteiger partial charge in [0.1, 0.15) is 0 Å². The van der Waals surface area contributed by atoms with E-state index in [4.69, 9.17) is 0 Å². The maximum atomic E-state index is 11.8. The highest BCUT2D eigenvalue weighted by molar-refractivity contribution is 5.82. The number of rotatable bonds is 3. The smallest absolute Gasteiger partial charge is 0.237 e. The van der Waals surface area contributed by atoms with Crippen molar-refractivity contribution in [3.05, 3.63) is 0 Å². The quantitative estimate of drug-likeness (QED) is 0.745. The lowest BCUT2D eigenvalue weighted by Crippen LogP contribution is -2.50. The lowest BCUT2D eigenvalue weighted by atomic mass is 9.83. The molecule has 88 valence electrons. The summed E-state index contributed by atoms with van der Waals surface area (Å²) in [6.45, 7) is 9.46. The van der Waals surface area contributed by atoms with Crippen LogP contribution in [0.25, 0.3) is 0 Å². The minimum absolute atomic E-state index is 0.0218. The van der Waals surface area contributed by atoms with Crippen molar-refractivity contribution in [1.29, 1.82) is 0 Å². The number of carbonyl (C=O) groups excluding carboxylic acids is 1. The second-order valence-corrected chi connectivity index (χ2v) is 5.20. The molecule has 2 unspecified atom stereocenters. The van der Waals surface area contributed by atoms with E-state index < -0.39 is 0 Å². The van der Waals surface area contributed by atoms with E-state index in [9.17, 15) is 4.79 Å². The van der Waals surface area contributed by atoms with Crippen molar-refractivity contribution in [2.24, 2.45) is 11.8 Å². The van der Waals surface area contributed by atoms with E-state index in [0.29, 0.717) is 11.8 Å². The summed E-state index contributed by atoms with van der Waals surface area (Å²) in [5.74, 6) is 1.53. The molecule has 1 amide bonds. The van der Waals surface area contributed by atoms with E-state index in [-0.39, 0.29) is 18.0 Å². The summed E-state index contributed by atoms with van der Waals surface area (Å²) in [6.07, 6.45) is 2.18. The maximum absolute atomic E-state index is 11.8. The van der Waals surface area contributed by atoms with Crippen LogP contribution < -0.4 is 10.6 Å². The summed E-state index contributed by atoms with van der Waals surface area (Å²) in [5, 5.41) is 6.27. The molecule has 0 aromatic carbocycles. The summed E-state index contributed by atoms with van der Waals surface area (Å²) in [7, 11) is 0. The van der Waals surface area contributed by atoms with Gasteiger partial charge >= 0.3 is 0 Å². The molecule has 0 radical (unpaired) electrons. The highest BCUT2D eigenvalue weighted by atomic mass is 16.2. The Labute approximate surface area is 93.0 Å². The topological polar surface area (TPSA) is 41.1 Å². The third-order valence-corrected chi connectivity index (χ3v) is 3.13. The summed E-state index contributed by atoms with van der Waals surface area (Å²) in [4.78, 5) is 11.8. The van der Waals surface area contributed by atoms with Crippen LogP contribution in [-0.2, 0) is 4.79 Å². The van der Waals surface area contributed by atoms with Crippen LogP contribution in [0.5, 0.6) is 0 Å². The van der Waals surface area contributed by atoms with Crippen molar-refractivity contribution in [3.8, 4) is 0 Å². The Morgan fingerprint density at radius 2 is 2.00 bits per heavy atom. The highest BCUT2D eigenvalue weighted by Crippen LogP contribution is 2.23. The fourth-order valence-electron chi connectivity index (χ4n) is 2.14. The average molecular weight is 212 g/mol. The van der Waals surface area contributed by atoms with Crippen molar-refractivity contribution in [2.75, 3.05) is 6.54 Å². The molecule has 0 aromatic rings. The molecule has 1 saturated heterocycles. The minimum Gasteiger partial charge on any atom is -0.353 e. The maximum Gasteiger partial charge on any atom is 0.237 e. The van der Waals surface area contributed by atoms with Gasteiger partial charge in [-0.3, -0.25) is 4.79 Å². The first-order valence-corrected chi connectivity index (χ1v) is 6.04. The van der Waals surface area contributed by atoms with E-state index in [1.54, 1.807) is 0 Å². The zero-order valence-corrected chi connectivity index (χ0v) is 10.3. The molecule has 0 saturated carbocycles.